The van der Waals surface area contributed by atoms with Crippen LogP contribution in [0, 0.1) is 0 Å². The number of carbonyl (C=O) groups is 6. The molecule has 0 bridgehead atoms. The summed E-state index contributed by atoms with van der Waals surface area (Å²) >= 11 is 0. The van der Waals surface area contributed by atoms with E-state index in [4.69, 9.17) is 17.2 Å². The van der Waals surface area contributed by atoms with Gasteiger partial charge in [0.1, 0.15) is 12.1 Å². The molecule has 2 aromatic rings. The van der Waals surface area contributed by atoms with Crippen LogP contribution in [0.2, 0.25) is 0 Å². The number of aromatic amines is 1. The minimum atomic E-state index is -1.73. The first-order valence-electron chi connectivity index (χ1n) is 12.0. The Hall–Kier alpha value is -4.50. The second kappa shape index (κ2) is 13.9. The zero-order chi connectivity index (χ0) is 29.3. The van der Waals surface area contributed by atoms with Gasteiger partial charge >= 0.3 is 5.97 Å². The van der Waals surface area contributed by atoms with Crippen LogP contribution in [0.3, 0.4) is 0 Å². The average Bonchev–Trinajstić information content (AvgIpc) is 3.26. The molecule has 0 saturated carbocycles. The lowest BCUT2D eigenvalue weighted by Gasteiger charge is -2.25. The van der Waals surface area contributed by atoms with Crippen LogP contribution in [0.25, 0.3) is 10.9 Å². The molecule has 39 heavy (non-hydrogen) atoms. The quantitative estimate of drug-likeness (QED) is 0.110. The molecular weight excluding hydrogens is 514 g/mol. The summed E-state index contributed by atoms with van der Waals surface area (Å²) in [5, 5.41) is 26.5. The number of benzene rings is 1. The number of carboxylic acid groups (broad SMARTS) is 1. The number of para-hydroxylation sites is 1. The van der Waals surface area contributed by atoms with Crippen LogP contribution in [-0.4, -0.2) is 81.0 Å². The van der Waals surface area contributed by atoms with E-state index in [-0.39, 0.29) is 19.3 Å². The number of hydrogen-bond acceptors (Lipinski definition) is 8. The molecular formula is C24H33N7O8. The average molecular weight is 548 g/mol. The molecule has 1 heterocycles. The molecule has 0 spiro atoms. The molecule has 1 aromatic heterocycles. The Morgan fingerprint density at radius 1 is 0.923 bits per heavy atom. The number of hydrogen-bond donors (Lipinski definition) is 9. The minimum absolute atomic E-state index is 0.0690. The van der Waals surface area contributed by atoms with Crippen molar-refractivity contribution in [3.05, 3.63) is 36.0 Å². The number of primary amides is 2. The molecule has 12 N–H and O–H groups in total. The summed E-state index contributed by atoms with van der Waals surface area (Å²) in [6.07, 6.45) is -0.866. The molecule has 1 aromatic carbocycles. The number of carbonyl (C=O) groups excluding carboxylic acids is 5. The Balaban J connectivity index is 2.31. The molecule has 5 amide bonds. The van der Waals surface area contributed by atoms with Crippen LogP contribution < -0.4 is 33.2 Å². The zero-order valence-electron chi connectivity index (χ0n) is 21.2. The first kappa shape index (κ1) is 30.7. The van der Waals surface area contributed by atoms with Crippen molar-refractivity contribution >= 4 is 46.4 Å². The molecule has 0 fully saturated rings. The van der Waals surface area contributed by atoms with Gasteiger partial charge in [-0.25, -0.2) is 4.79 Å². The van der Waals surface area contributed by atoms with E-state index in [1.54, 1.807) is 30.5 Å². The topological polar surface area (TPSA) is 273 Å². The highest BCUT2D eigenvalue weighted by molar-refractivity contribution is 5.96. The van der Waals surface area contributed by atoms with E-state index in [0.717, 1.165) is 17.8 Å². The third kappa shape index (κ3) is 9.08. The summed E-state index contributed by atoms with van der Waals surface area (Å²) in [6, 6.07) is 1.34. The zero-order valence-corrected chi connectivity index (χ0v) is 21.2. The number of aromatic nitrogens is 1. The van der Waals surface area contributed by atoms with Gasteiger partial charge < -0.3 is 48.3 Å². The van der Waals surface area contributed by atoms with Gasteiger partial charge in [-0.1, -0.05) is 18.2 Å². The number of nitrogens with one attached hydrogen (secondary N) is 4. The van der Waals surface area contributed by atoms with Crippen molar-refractivity contribution in [3.63, 3.8) is 0 Å². The van der Waals surface area contributed by atoms with Crippen LogP contribution in [0.1, 0.15) is 31.7 Å². The summed E-state index contributed by atoms with van der Waals surface area (Å²) < 4.78 is 0. The third-order valence-electron chi connectivity index (χ3n) is 5.85. The fraction of sp³-hybridized carbons (Fsp3) is 0.417. The van der Waals surface area contributed by atoms with Crippen molar-refractivity contribution in [2.24, 2.45) is 17.2 Å². The number of nitrogens with two attached hydrogens (primary N) is 3. The fourth-order valence-corrected chi connectivity index (χ4v) is 3.76. The Bertz CT molecular complexity index is 1230. The summed E-state index contributed by atoms with van der Waals surface area (Å²) in [7, 11) is 0. The number of amides is 5. The summed E-state index contributed by atoms with van der Waals surface area (Å²) in [5.74, 6) is -5.95. The number of aliphatic hydroxyl groups excluding tert-OH is 1. The standard InChI is InChI=1S/C24H33N7O8/c1-11(32)20(24(38)39)31-23(37)17(9-19(27)34)30-22(36)16(29-21(35)14(25)6-7-18(26)33)8-12-10-28-15-5-3-2-4-13(12)15/h2-5,10-11,14,16-17,20,28,32H,6-9,25H2,1H3,(H2,26,33)(H2,27,34)(H,29,35)(H,30,36)(H,31,37)(H,38,39). The predicted molar refractivity (Wildman–Crippen MR) is 137 cm³/mol. The van der Waals surface area contributed by atoms with Crippen LogP contribution in [0.15, 0.2) is 30.5 Å². The SMILES string of the molecule is CC(O)C(NC(=O)C(CC(N)=O)NC(=O)C(Cc1c[nH]c2ccccc12)NC(=O)C(N)CCC(N)=O)C(=O)O. The predicted octanol–water partition coefficient (Wildman–Crippen LogP) is -2.90. The first-order valence-corrected chi connectivity index (χ1v) is 12.0. The van der Waals surface area contributed by atoms with Gasteiger partial charge in [0.2, 0.25) is 29.5 Å². The van der Waals surface area contributed by atoms with E-state index in [1.165, 1.54) is 0 Å². The highest BCUT2D eigenvalue weighted by Crippen LogP contribution is 2.19. The second-order valence-electron chi connectivity index (χ2n) is 9.03. The number of rotatable bonds is 15. The lowest BCUT2D eigenvalue weighted by molar-refractivity contribution is -0.145. The lowest BCUT2D eigenvalue weighted by Crippen LogP contribution is -2.59. The number of aliphatic hydroxyl groups is 1. The Kier molecular flexibility index (Phi) is 10.9. The highest BCUT2D eigenvalue weighted by Gasteiger charge is 2.33. The summed E-state index contributed by atoms with van der Waals surface area (Å²) in [5.41, 5.74) is 17.6. The highest BCUT2D eigenvalue weighted by atomic mass is 16.4. The van der Waals surface area contributed by atoms with Crippen molar-refractivity contribution < 1.29 is 39.0 Å². The monoisotopic (exact) mass is 547 g/mol. The van der Waals surface area contributed by atoms with E-state index < -0.39 is 72.2 Å². The summed E-state index contributed by atoms with van der Waals surface area (Å²) in [4.78, 5) is 75.9. The molecule has 15 heteroatoms. The van der Waals surface area contributed by atoms with Gasteiger partial charge in [-0.05, 0) is 25.0 Å². The molecule has 2 rings (SSSR count). The number of carboxylic acids is 1. The third-order valence-corrected chi connectivity index (χ3v) is 5.85. The van der Waals surface area contributed by atoms with Crippen LogP contribution >= 0.6 is 0 Å². The van der Waals surface area contributed by atoms with Gasteiger partial charge in [0.05, 0.1) is 18.6 Å². The smallest absolute Gasteiger partial charge is 0.328 e. The Morgan fingerprint density at radius 2 is 1.54 bits per heavy atom. The van der Waals surface area contributed by atoms with E-state index in [9.17, 15) is 39.0 Å². The maximum atomic E-state index is 13.3. The van der Waals surface area contributed by atoms with Crippen LogP contribution in [-0.2, 0) is 35.2 Å². The van der Waals surface area contributed by atoms with Crippen LogP contribution in [0.5, 0.6) is 0 Å². The van der Waals surface area contributed by atoms with Gasteiger partial charge in [-0.3, -0.25) is 24.0 Å². The molecule has 5 unspecified atom stereocenters. The van der Waals surface area contributed by atoms with Gasteiger partial charge in [-0.2, -0.15) is 0 Å². The second-order valence-corrected chi connectivity index (χ2v) is 9.03. The molecule has 15 nitrogen and oxygen atoms in total. The van der Waals surface area contributed by atoms with E-state index >= 15 is 0 Å². The van der Waals surface area contributed by atoms with E-state index in [1.807, 2.05) is 0 Å². The fourth-order valence-electron chi connectivity index (χ4n) is 3.76. The molecule has 0 aliphatic carbocycles. The van der Waals surface area contributed by atoms with Gasteiger partial charge in [0.15, 0.2) is 6.04 Å². The van der Waals surface area contributed by atoms with Gasteiger partial charge in [0, 0.05) is 29.9 Å². The van der Waals surface area contributed by atoms with E-state index in [0.29, 0.717) is 5.56 Å². The van der Waals surface area contributed by atoms with Crippen molar-refractivity contribution in [2.75, 3.05) is 0 Å². The Morgan fingerprint density at radius 3 is 2.13 bits per heavy atom. The van der Waals surface area contributed by atoms with Crippen LogP contribution in [0.4, 0.5) is 0 Å². The first-order chi connectivity index (χ1) is 18.3. The van der Waals surface area contributed by atoms with Crippen molar-refractivity contribution in [1.82, 2.24) is 20.9 Å². The van der Waals surface area contributed by atoms with Crippen molar-refractivity contribution in [1.29, 1.82) is 0 Å². The Labute approximate surface area is 222 Å². The minimum Gasteiger partial charge on any atom is -0.480 e. The van der Waals surface area contributed by atoms with Gasteiger partial charge in [0.25, 0.3) is 0 Å². The molecule has 0 aliphatic heterocycles. The maximum Gasteiger partial charge on any atom is 0.328 e. The summed E-state index contributed by atoms with van der Waals surface area (Å²) in [6.45, 7) is 1.13. The molecule has 0 aliphatic rings. The van der Waals surface area contributed by atoms with Crippen molar-refractivity contribution in [3.8, 4) is 0 Å². The number of fused-ring (bicyclic) bond motifs is 1. The number of H-pyrrole nitrogens is 1. The van der Waals surface area contributed by atoms with Gasteiger partial charge in [-0.15, -0.1) is 0 Å². The lowest BCUT2D eigenvalue weighted by atomic mass is 10.0. The molecule has 5 atom stereocenters. The maximum absolute atomic E-state index is 13.3. The molecule has 212 valence electrons. The number of aliphatic carboxylic acids is 1. The van der Waals surface area contributed by atoms with E-state index in [2.05, 4.69) is 20.9 Å². The molecule has 0 radical (unpaired) electrons. The largest absolute Gasteiger partial charge is 0.480 e. The van der Waals surface area contributed by atoms with Crippen molar-refractivity contribution in [2.45, 2.75) is 62.9 Å². The normalized spacial score (nSPS) is 14.8. The molecule has 0 saturated heterocycles.